The summed E-state index contributed by atoms with van der Waals surface area (Å²) in [6, 6.07) is 0. The van der Waals surface area contributed by atoms with Crippen molar-refractivity contribution in [1.29, 1.82) is 0 Å². The second-order valence-electron chi connectivity index (χ2n) is 6.67. The van der Waals surface area contributed by atoms with Crippen LogP contribution in [0.15, 0.2) is 23.9 Å². The molecule has 20 heavy (non-hydrogen) atoms. The van der Waals surface area contributed by atoms with Gasteiger partial charge in [-0.3, -0.25) is 4.79 Å². The molecule has 0 saturated heterocycles. The van der Waals surface area contributed by atoms with Gasteiger partial charge in [-0.2, -0.15) is 0 Å². The Morgan fingerprint density at radius 2 is 1.65 bits per heavy atom. The third-order valence-electron chi connectivity index (χ3n) is 5.35. The maximum atomic E-state index is 12.4. The van der Waals surface area contributed by atoms with Crippen LogP contribution in [0.3, 0.4) is 0 Å². The van der Waals surface area contributed by atoms with Crippen molar-refractivity contribution in [2.45, 2.75) is 46.0 Å². The Hall–Kier alpha value is -1.05. The highest BCUT2D eigenvalue weighted by Gasteiger charge is 2.52. The van der Waals surface area contributed by atoms with E-state index >= 15 is 0 Å². The van der Waals surface area contributed by atoms with E-state index < -0.39 is 0 Å². The van der Waals surface area contributed by atoms with Crippen LogP contribution >= 0.6 is 0 Å². The Morgan fingerprint density at radius 3 is 2.25 bits per heavy atom. The van der Waals surface area contributed by atoms with Crippen molar-refractivity contribution in [3.05, 3.63) is 23.9 Å². The summed E-state index contributed by atoms with van der Waals surface area (Å²) in [7, 11) is 0. The number of allylic oxidation sites excluding steroid dienone is 4. The van der Waals surface area contributed by atoms with Gasteiger partial charge >= 0.3 is 0 Å². The highest BCUT2D eigenvalue weighted by Crippen LogP contribution is 2.54. The first-order valence-corrected chi connectivity index (χ1v) is 8.45. The van der Waals surface area contributed by atoms with E-state index in [1.807, 2.05) is 6.08 Å². The second-order valence-corrected chi connectivity index (χ2v) is 6.67. The summed E-state index contributed by atoms with van der Waals surface area (Å²) in [6.07, 6.45) is 12.8. The highest BCUT2D eigenvalue weighted by molar-refractivity contribution is 5.96. The van der Waals surface area contributed by atoms with Crippen molar-refractivity contribution < 1.29 is 4.79 Å². The number of carbonyl (C=O) groups is 1. The molecule has 2 nitrogen and oxygen atoms in total. The van der Waals surface area contributed by atoms with Gasteiger partial charge in [0.1, 0.15) is 0 Å². The largest absolute Gasteiger partial charge is 0.374 e. The zero-order valence-corrected chi connectivity index (χ0v) is 12.8. The third kappa shape index (κ3) is 2.23. The van der Waals surface area contributed by atoms with E-state index in [0.717, 1.165) is 13.1 Å². The van der Waals surface area contributed by atoms with Gasteiger partial charge in [-0.1, -0.05) is 38.8 Å². The van der Waals surface area contributed by atoms with Gasteiger partial charge in [-0.15, -0.1) is 0 Å². The zero-order chi connectivity index (χ0) is 14.1. The summed E-state index contributed by atoms with van der Waals surface area (Å²) >= 11 is 0. The molecular weight excluding hydrogens is 246 g/mol. The average Bonchev–Trinajstić information content (AvgIpc) is 3.13. The number of rotatable bonds is 7. The van der Waals surface area contributed by atoms with Crippen molar-refractivity contribution in [1.82, 2.24) is 4.90 Å². The van der Waals surface area contributed by atoms with Crippen LogP contribution in [0.2, 0.25) is 0 Å². The van der Waals surface area contributed by atoms with Crippen LogP contribution in [0, 0.1) is 23.7 Å². The van der Waals surface area contributed by atoms with Gasteiger partial charge in [0.05, 0.1) is 0 Å². The van der Waals surface area contributed by atoms with Gasteiger partial charge in [-0.25, -0.2) is 0 Å². The molecule has 110 valence electrons. The lowest BCUT2D eigenvalue weighted by atomic mass is 9.83. The molecule has 0 aliphatic heterocycles. The maximum absolute atomic E-state index is 12.4. The van der Waals surface area contributed by atoms with Gasteiger partial charge in [0.25, 0.3) is 0 Å². The van der Waals surface area contributed by atoms with Crippen LogP contribution in [0.4, 0.5) is 0 Å². The van der Waals surface area contributed by atoms with E-state index in [0.29, 0.717) is 23.5 Å². The van der Waals surface area contributed by atoms with Crippen LogP contribution in [0.25, 0.3) is 0 Å². The molecular formula is C18H27NO. The van der Waals surface area contributed by atoms with Gasteiger partial charge in [0.15, 0.2) is 5.78 Å². The number of ketones is 1. The summed E-state index contributed by atoms with van der Waals surface area (Å²) in [5, 5.41) is 0. The van der Waals surface area contributed by atoms with Crippen molar-refractivity contribution in [2.75, 3.05) is 13.1 Å². The van der Waals surface area contributed by atoms with Crippen molar-refractivity contribution in [2.24, 2.45) is 23.7 Å². The highest BCUT2D eigenvalue weighted by atomic mass is 16.1. The Kier molecular flexibility index (Phi) is 4.00. The van der Waals surface area contributed by atoms with E-state index in [2.05, 4.69) is 30.9 Å². The topological polar surface area (TPSA) is 20.3 Å². The number of hydrogen-bond donors (Lipinski definition) is 0. The lowest BCUT2D eigenvalue weighted by molar-refractivity contribution is -0.118. The standard InChI is InChI=1S/C18H27NO/c1-3-5-9-19(10-6-4-2)15-12-16(20)18-14-8-7-13(11-14)17(15)18/h7-8,12-14,17-18H,3-6,9-11H2,1-2H3/t13-,14+,17+,18-/m0/s1. The first kappa shape index (κ1) is 13.9. The predicted molar refractivity (Wildman–Crippen MR) is 82.2 cm³/mol. The molecule has 2 bridgehead atoms. The summed E-state index contributed by atoms with van der Waals surface area (Å²) in [6.45, 7) is 6.74. The van der Waals surface area contributed by atoms with E-state index in [-0.39, 0.29) is 5.92 Å². The SMILES string of the molecule is CCCCN(CCCC)C1=CC(=O)[C@H]2[C@@H]1[C@H]1C=C[C@@H]2C1. The van der Waals surface area contributed by atoms with E-state index in [9.17, 15) is 4.79 Å². The number of nitrogens with zero attached hydrogens (tertiary/aromatic N) is 1. The molecule has 2 heteroatoms. The normalized spacial score (nSPS) is 33.7. The lowest BCUT2D eigenvalue weighted by Crippen LogP contribution is -2.31. The van der Waals surface area contributed by atoms with Gasteiger partial charge in [-0.05, 0) is 31.1 Å². The molecule has 4 atom stereocenters. The molecule has 3 rings (SSSR count). The van der Waals surface area contributed by atoms with Crippen LogP contribution in [0.1, 0.15) is 46.0 Å². The Morgan fingerprint density at radius 1 is 1.05 bits per heavy atom. The molecule has 1 saturated carbocycles. The Balaban J connectivity index is 1.77. The lowest BCUT2D eigenvalue weighted by Gasteiger charge is -2.32. The fourth-order valence-electron chi connectivity index (χ4n) is 4.32. The summed E-state index contributed by atoms with van der Waals surface area (Å²) in [5.41, 5.74) is 1.37. The molecule has 0 amide bonds. The minimum absolute atomic E-state index is 0.283. The predicted octanol–water partition coefficient (Wildman–Crippen LogP) is 3.79. The molecule has 0 aromatic heterocycles. The molecule has 0 spiro atoms. The first-order chi connectivity index (χ1) is 9.76. The van der Waals surface area contributed by atoms with Gasteiger partial charge in [0, 0.05) is 36.7 Å². The number of fused-ring (bicyclic) bond motifs is 5. The van der Waals surface area contributed by atoms with Crippen molar-refractivity contribution in [3.63, 3.8) is 0 Å². The maximum Gasteiger partial charge on any atom is 0.161 e. The summed E-state index contributed by atoms with van der Waals surface area (Å²) in [4.78, 5) is 14.9. The molecule has 0 heterocycles. The number of carbonyl (C=O) groups excluding carboxylic acids is 1. The molecule has 0 aromatic carbocycles. The smallest absolute Gasteiger partial charge is 0.161 e. The number of hydrogen-bond acceptors (Lipinski definition) is 2. The minimum atomic E-state index is 0.283. The quantitative estimate of drug-likeness (QED) is 0.658. The van der Waals surface area contributed by atoms with E-state index in [1.165, 1.54) is 37.8 Å². The fourth-order valence-corrected chi connectivity index (χ4v) is 4.32. The molecule has 0 N–H and O–H groups in total. The van der Waals surface area contributed by atoms with Gasteiger partial charge < -0.3 is 4.90 Å². The van der Waals surface area contributed by atoms with Crippen LogP contribution in [-0.2, 0) is 4.79 Å². The van der Waals surface area contributed by atoms with Crippen LogP contribution < -0.4 is 0 Å². The monoisotopic (exact) mass is 273 g/mol. The van der Waals surface area contributed by atoms with Crippen molar-refractivity contribution >= 4 is 5.78 Å². The molecule has 3 aliphatic rings. The van der Waals surface area contributed by atoms with Crippen molar-refractivity contribution in [3.8, 4) is 0 Å². The molecule has 0 radical (unpaired) electrons. The fraction of sp³-hybridized carbons (Fsp3) is 0.722. The minimum Gasteiger partial charge on any atom is -0.374 e. The Labute approximate surface area is 122 Å². The molecule has 1 fully saturated rings. The van der Waals surface area contributed by atoms with Crippen LogP contribution in [-0.4, -0.2) is 23.8 Å². The summed E-state index contributed by atoms with van der Waals surface area (Å²) in [5.74, 6) is 2.36. The van der Waals surface area contributed by atoms with Gasteiger partial charge in [0.2, 0.25) is 0 Å². The molecule has 3 aliphatic carbocycles. The molecule has 0 aromatic rings. The van der Waals surface area contributed by atoms with E-state index in [1.54, 1.807) is 0 Å². The van der Waals surface area contributed by atoms with Crippen LogP contribution in [0.5, 0.6) is 0 Å². The number of unbranched alkanes of at least 4 members (excludes halogenated alkanes) is 2. The zero-order valence-electron chi connectivity index (χ0n) is 12.8. The average molecular weight is 273 g/mol. The Bertz CT molecular complexity index is 429. The third-order valence-corrected chi connectivity index (χ3v) is 5.35. The second kappa shape index (κ2) is 5.75. The summed E-state index contributed by atoms with van der Waals surface area (Å²) < 4.78 is 0. The molecule has 0 unspecified atom stereocenters. The first-order valence-electron chi connectivity index (χ1n) is 8.45. The van der Waals surface area contributed by atoms with E-state index in [4.69, 9.17) is 0 Å².